The Morgan fingerprint density at radius 3 is 1.33 bits per heavy atom. The maximum absolute atomic E-state index is 4.13. The first-order valence-corrected chi connectivity index (χ1v) is 2.73. The van der Waals surface area contributed by atoms with Gasteiger partial charge in [-0.2, -0.15) is 0 Å². The molecule has 0 spiro atoms. The van der Waals surface area contributed by atoms with Crippen molar-refractivity contribution in [3.63, 3.8) is 0 Å². The minimum atomic E-state index is 0. The molecule has 0 aliphatic carbocycles. The van der Waals surface area contributed by atoms with E-state index in [9.17, 15) is 0 Å². The van der Waals surface area contributed by atoms with Crippen molar-refractivity contribution in [2.75, 3.05) is 13.1 Å². The number of thiol groups is 1. The van der Waals surface area contributed by atoms with Gasteiger partial charge < -0.3 is 0 Å². The molecule has 1 fully saturated rings. The molecule has 0 saturated carbocycles. The first kappa shape index (κ1) is 16.0. The van der Waals surface area contributed by atoms with Crippen LogP contribution in [0.2, 0.25) is 0 Å². The van der Waals surface area contributed by atoms with E-state index in [1.807, 2.05) is 0 Å². The van der Waals surface area contributed by atoms with Crippen LogP contribution in [0.5, 0.6) is 0 Å². The van der Waals surface area contributed by atoms with Crippen LogP contribution in [0.3, 0.4) is 0 Å². The molecular weight excluding hydrogens is 151 g/mol. The highest BCUT2D eigenvalue weighted by atomic mass is 32.1. The minimum Gasteiger partial charge on any atom is -0.269 e. The fraction of sp³-hybridized carbons (Fsp3) is 1.00. The zero-order valence-electron chi connectivity index (χ0n) is 4.95. The summed E-state index contributed by atoms with van der Waals surface area (Å²) in [6, 6.07) is 0. The van der Waals surface area contributed by atoms with Gasteiger partial charge in [0.1, 0.15) is 0 Å². The molecule has 1 aliphatic heterocycles. The van der Waals surface area contributed by atoms with Crippen LogP contribution in [0.15, 0.2) is 0 Å². The summed E-state index contributed by atoms with van der Waals surface area (Å²) in [4.78, 5) is 0. The number of nitrogens with zero attached hydrogens (tertiary/aromatic N) is 1. The van der Waals surface area contributed by atoms with E-state index in [0.29, 0.717) is 0 Å². The molecule has 1 heterocycles. The molecule has 0 bridgehead atoms. The third-order valence-corrected chi connectivity index (χ3v) is 1.48. The molecule has 1 nitrogen and oxygen atoms in total. The van der Waals surface area contributed by atoms with E-state index in [2.05, 4.69) is 17.1 Å². The maximum atomic E-state index is 4.13. The van der Waals surface area contributed by atoms with E-state index in [-0.39, 0.29) is 14.1 Å². The summed E-state index contributed by atoms with van der Waals surface area (Å²) in [5, 5.41) is 0. The monoisotopic (exact) mass is 163 g/mol. The predicted octanol–water partition coefficient (Wildman–Crippen LogP) is 1.38. The lowest BCUT2D eigenvalue weighted by atomic mass is 10.4. The molecule has 0 radical (unpaired) electrons. The van der Waals surface area contributed by atoms with Crippen molar-refractivity contribution >= 4 is 12.8 Å². The minimum absolute atomic E-state index is 0. The normalized spacial score (nSPS) is 17.0. The van der Waals surface area contributed by atoms with Crippen LogP contribution in [-0.4, -0.2) is 17.4 Å². The molecule has 5 heteroatoms. The molecule has 1 saturated heterocycles. The van der Waals surface area contributed by atoms with Gasteiger partial charge in [-0.1, -0.05) is 12.8 Å². The standard InChI is InChI=1S/C4H9NS.3FH/c6-5-3-1-2-4-5;;;/h6H,1-4H2;3*1H. The van der Waals surface area contributed by atoms with Gasteiger partial charge in [-0.15, -0.1) is 0 Å². The number of rotatable bonds is 0. The highest BCUT2D eigenvalue weighted by Crippen LogP contribution is 2.07. The predicted molar refractivity (Wildman–Crippen MR) is 37.3 cm³/mol. The molecule has 0 aromatic carbocycles. The second-order valence-corrected chi connectivity index (χ2v) is 2.23. The van der Waals surface area contributed by atoms with Crippen molar-refractivity contribution in [2.24, 2.45) is 0 Å². The molecule has 0 atom stereocenters. The molecule has 0 amide bonds. The summed E-state index contributed by atoms with van der Waals surface area (Å²) in [5.74, 6) is 0. The van der Waals surface area contributed by atoms with Gasteiger partial charge in [0.25, 0.3) is 0 Å². The number of hydrogen-bond acceptors (Lipinski definition) is 2. The van der Waals surface area contributed by atoms with Crippen LogP contribution in [0.1, 0.15) is 12.8 Å². The van der Waals surface area contributed by atoms with Crippen molar-refractivity contribution < 1.29 is 14.1 Å². The highest BCUT2D eigenvalue weighted by Gasteiger charge is 2.04. The molecule has 1 rings (SSSR count). The molecule has 0 unspecified atom stereocenters. The topological polar surface area (TPSA) is 3.24 Å². The average molecular weight is 163 g/mol. The summed E-state index contributed by atoms with van der Waals surface area (Å²) >= 11 is 4.13. The van der Waals surface area contributed by atoms with Gasteiger partial charge in [0, 0.05) is 13.1 Å². The fourth-order valence-corrected chi connectivity index (χ4v) is 0.983. The van der Waals surface area contributed by atoms with Crippen molar-refractivity contribution in [3.8, 4) is 0 Å². The fourth-order valence-electron chi connectivity index (χ4n) is 0.700. The third kappa shape index (κ3) is 5.98. The van der Waals surface area contributed by atoms with Gasteiger partial charge >= 0.3 is 0 Å². The largest absolute Gasteiger partial charge is 0.269 e. The van der Waals surface area contributed by atoms with Crippen LogP contribution >= 0.6 is 12.8 Å². The van der Waals surface area contributed by atoms with Crippen LogP contribution < -0.4 is 0 Å². The SMILES string of the molecule is F.F.F.SN1CCCC1. The van der Waals surface area contributed by atoms with E-state index in [1.54, 1.807) is 0 Å². The Hall–Kier alpha value is 0.1000. The Labute approximate surface area is 58.1 Å². The van der Waals surface area contributed by atoms with E-state index >= 15 is 0 Å². The van der Waals surface area contributed by atoms with Gasteiger partial charge in [0.05, 0.1) is 0 Å². The second-order valence-electron chi connectivity index (χ2n) is 1.66. The summed E-state index contributed by atoms with van der Waals surface area (Å²) in [6.07, 6.45) is 2.67. The summed E-state index contributed by atoms with van der Waals surface area (Å²) in [5.41, 5.74) is 0. The van der Waals surface area contributed by atoms with Gasteiger partial charge in [-0.05, 0) is 12.8 Å². The zero-order valence-corrected chi connectivity index (χ0v) is 5.84. The van der Waals surface area contributed by atoms with Crippen LogP contribution in [-0.2, 0) is 0 Å². The molecular formula is C4H12F3NS. The van der Waals surface area contributed by atoms with E-state index in [0.717, 1.165) is 0 Å². The van der Waals surface area contributed by atoms with Crippen molar-refractivity contribution in [3.05, 3.63) is 0 Å². The van der Waals surface area contributed by atoms with E-state index in [1.165, 1.54) is 25.9 Å². The smallest absolute Gasteiger partial charge is 0.00874 e. The lowest BCUT2D eigenvalue weighted by Gasteiger charge is -1.99. The molecule has 60 valence electrons. The van der Waals surface area contributed by atoms with Gasteiger partial charge in [-0.3, -0.25) is 18.4 Å². The summed E-state index contributed by atoms with van der Waals surface area (Å²) in [7, 11) is 0. The highest BCUT2D eigenvalue weighted by molar-refractivity contribution is 7.77. The Morgan fingerprint density at radius 1 is 0.889 bits per heavy atom. The number of halogens is 3. The van der Waals surface area contributed by atoms with E-state index in [4.69, 9.17) is 0 Å². The molecule has 9 heavy (non-hydrogen) atoms. The van der Waals surface area contributed by atoms with Crippen molar-refractivity contribution in [1.82, 2.24) is 4.31 Å². The Balaban J connectivity index is -0.000000120. The van der Waals surface area contributed by atoms with Gasteiger partial charge in [0.15, 0.2) is 0 Å². The maximum Gasteiger partial charge on any atom is 0.00874 e. The van der Waals surface area contributed by atoms with Gasteiger partial charge in [-0.25, -0.2) is 0 Å². The molecule has 0 aromatic rings. The third-order valence-electron chi connectivity index (χ3n) is 1.08. The molecule has 1 aliphatic rings. The average Bonchev–Trinajstić information content (AvgIpc) is 1.86. The van der Waals surface area contributed by atoms with Crippen molar-refractivity contribution in [1.29, 1.82) is 0 Å². The Kier molecular flexibility index (Phi) is 14.4. The lowest BCUT2D eigenvalue weighted by Crippen LogP contribution is -2.02. The molecule has 0 N–H and O–H groups in total. The van der Waals surface area contributed by atoms with Crippen LogP contribution in [0.4, 0.5) is 14.1 Å². The number of hydrogen-bond donors (Lipinski definition) is 1. The summed E-state index contributed by atoms with van der Waals surface area (Å²) < 4.78 is 2.06. The Morgan fingerprint density at radius 2 is 1.22 bits per heavy atom. The first-order chi connectivity index (χ1) is 2.89. The molecule has 0 aromatic heterocycles. The zero-order chi connectivity index (χ0) is 4.41. The first-order valence-electron chi connectivity index (χ1n) is 2.33. The summed E-state index contributed by atoms with van der Waals surface area (Å²) in [6.45, 7) is 2.37. The van der Waals surface area contributed by atoms with E-state index < -0.39 is 0 Å². The van der Waals surface area contributed by atoms with Crippen LogP contribution in [0, 0.1) is 0 Å². The van der Waals surface area contributed by atoms with Crippen molar-refractivity contribution in [2.45, 2.75) is 12.8 Å². The quantitative estimate of drug-likeness (QED) is 0.528. The Bertz CT molecular complexity index is 49.1. The second kappa shape index (κ2) is 8.10. The van der Waals surface area contributed by atoms with Crippen LogP contribution in [0.25, 0.3) is 0 Å². The lowest BCUT2D eigenvalue weighted by molar-refractivity contribution is 0.595. The van der Waals surface area contributed by atoms with Gasteiger partial charge in [0.2, 0.25) is 0 Å².